The number of nitrogens with one attached hydrogen (secondary N) is 17. The summed E-state index contributed by atoms with van der Waals surface area (Å²) < 4.78 is 0. The number of aromatic amines is 2. The number of unbranched alkanes of at least 4 members (excludes halogenated alkanes) is 2. The maximum Gasteiger partial charge on any atom is 0.326 e. The first-order valence-corrected chi connectivity index (χ1v) is 39.6. The lowest BCUT2D eigenvalue weighted by Gasteiger charge is -2.29. The number of carbonyl (C=O) groups excluding carboxylic acids is 14. The van der Waals surface area contributed by atoms with Crippen molar-refractivity contribution in [2.45, 2.75) is 228 Å². The second-order valence-electron chi connectivity index (χ2n) is 28.9. The van der Waals surface area contributed by atoms with Crippen LogP contribution in [0.25, 0.3) is 0 Å². The van der Waals surface area contributed by atoms with E-state index in [1.807, 2.05) is 0 Å². The smallest absolute Gasteiger partial charge is 0.326 e. The molecule has 26 N–H and O–H groups in total. The Morgan fingerprint density at radius 3 is 1.31 bits per heavy atom. The number of aliphatic hydroxyl groups is 2. The van der Waals surface area contributed by atoms with Crippen LogP contribution in [-0.4, -0.2) is 276 Å². The summed E-state index contributed by atoms with van der Waals surface area (Å²) in [5.74, 6) is -18.9. The number of carboxylic acids is 3. The number of carboxylic acid groups (broad SMARTS) is 3. The SMILES string of the molecule is CC[C@H](C)[C@H](NC(=O)[C@@H]1CCCN1)C(=O)N[C@@H](CCC(=O)O)C(=O)N[C@@H](CCC(=O)O)C(=O)N[C@@H](Cc1cnc[nH]1)C(=O)N[C@@H](CCCCN)C(=O)N[C@@H](CCCCN)C(=O)N[C@@H](Cc1cnc[nH]1)C(=O)N[C@@H](CO)C(=O)N[C@@H](CO)C(=O)NCC(=O)N[C@@H](CS)C(=O)N[C@@H](C)C(=O)N[C@@H](Cc1ccccc1)C(=O)N[C@@H](CC(C)C)C(=O)O. The van der Waals surface area contributed by atoms with Crippen molar-refractivity contribution in [2.75, 3.05) is 45.1 Å². The number of aliphatic hydroxyl groups excluding tert-OH is 2. The van der Waals surface area contributed by atoms with Crippen molar-refractivity contribution < 1.29 is 107 Å². The lowest BCUT2D eigenvalue weighted by molar-refractivity contribution is -0.143. The Morgan fingerprint density at radius 2 is 0.898 bits per heavy atom. The molecule has 1 fully saturated rings. The number of benzene rings is 1. The number of nitrogens with two attached hydrogens (primary N) is 2. The van der Waals surface area contributed by atoms with Crippen LogP contribution in [0.5, 0.6) is 0 Å². The maximum atomic E-state index is 14.7. The van der Waals surface area contributed by atoms with Gasteiger partial charge < -0.3 is 127 Å². The molecule has 44 heteroatoms. The van der Waals surface area contributed by atoms with Gasteiger partial charge in [0.25, 0.3) is 0 Å². The van der Waals surface area contributed by atoms with E-state index in [4.69, 9.17) is 11.5 Å². The minimum Gasteiger partial charge on any atom is -0.481 e. The van der Waals surface area contributed by atoms with Gasteiger partial charge in [-0.05, 0) is 115 Å². The Balaban J connectivity index is 1.50. The summed E-state index contributed by atoms with van der Waals surface area (Å²) in [6, 6.07) is -12.3. The van der Waals surface area contributed by atoms with Crippen molar-refractivity contribution in [1.82, 2.24) is 99.7 Å². The topological polar surface area (TPSA) is 681 Å². The largest absolute Gasteiger partial charge is 0.481 e. The molecule has 3 heterocycles. The highest BCUT2D eigenvalue weighted by atomic mass is 32.1. The van der Waals surface area contributed by atoms with Crippen LogP contribution in [0.1, 0.15) is 141 Å². The molecule has 15 atom stereocenters. The number of hydrogen-bond donors (Lipinski definition) is 25. The Hall–Kier alpha value is -11.2. The number of thiol groups is 1. The number of nitrogens with zero attached hydrogens (tertiary/aromatic N) is 2. The lowest BCUT2D eigenvalue weighted by Crippen LogP contribution is -2.61. The van der Waals surface area contributed by atoms with Gasteiger partial charge in [0.2, 0.25) is 82.7 Å². The fourth-order valence-electron chi connectivity index (χ4n) is 12.1. The average molecular weight is 1680 g/mol. The van der Waals surface area contributed by atoms with E-state index < -0.39 is 237 Å². The highest BCUT2D eigenvalue weighted by Gasteiger charge is 2.39. The van der Waals surface area contributed by atoms with Gasteiger partial charge in [-0.3, -0.25) is 76.7 Å². The zero-order chi connectivity index (χ0) is 87.6. The molecular weight excluding hydrogens is 1570 g/mol. The highest BCUT2D eigenvalue weighted by molar-refractivity contribution is 7.80. The Labute approximate surface area is 686 Å². The number of hydrogen-bond acceptors (Lipinski definition) is 25. The van der Waals surface area contributed by atoms with Crippen LogP contribution in [-0.2, 0) is 101 Å². The van der Waals surface area contributed by atoms with Gasteiger partial charge in [0.05, 0.1) is 38.5 Å². The number of rotatable bonds is 56. The van der Waals surface area contributed by atoms with Crippen molar-refractivity contribution in [3.05, 3.63) is 72.3 Å². The van der Waals surface area contributed by atoms with Gasteiger partial charge >= 0.3 is 17.9 Å². The number of imidazole rings is 2. The zero-order valence-corrected chi connectivity index (χ0v) is 67.5. The molecule has 1 aliphatic heterocycles. The Morgan fingerprint density at radius 1 is 0.483 bits per heavy atom. The third kappa shape index (κ3) is 35.3. The third-order valence-corrected chi connectivity index (χ3v) is 19.4. The first-order valence-electron chi connectivity index (χ1n) is 39.0. The fraction of sp³-hybridized carbons (Fsp3) is 0.608. The summed E-state index contributed by atoms with van der Waals surface area (Å²) in [6.45, 7) is 5.90. The molecule has 1 aliphatic rings. The number of H-pyrrole nitrogens is 2. The van der Waals surface area contributed by atoms with E-state index in [0.29, 0.717) is 44.2 Å². The first-order chi connectivity index (χ1) is 56.1. The highest BCUT2D eigenvalue weighted by Crippen LogP contribution is 2.16. The summed E-state index contributed by atoms with van der Waals surface area (Å²) >= 11 is 4.14. The molecule has 14 amide bonds. The minimum absolute atomic E-state index is 0.0607. The minimum atomic E-state index is -1.92. The summed E-state index contributed by atoms with van der Waals surface area (Å²) in [5, 5.41) is 87.3. The number of aliphatic carboxylic acids is 3. The van der Waals surface area contributed by atoms with Crippen LogP contribution < -0.4 is 91.2 Å². The lowest BCUT2D eigenvalue weighted by atomic mass is 9.97. The maximum absolute atomic E-state index is 14.7. The van der Waals surface area contributed by atoms with Gasteiger partial charge in [-0.2, -0.15) is 12.6 Å². The molecule has 0 saturated carbocycles. The third-order valence-electron chi connectivity index (χ3n) is 19.0. The summed E-state index contributed by atoms with van der Waals surface area (Å²) in [6.07, 6.45) is 4.06. The molecule has 1 aromatic carbocycles. The fourth-order valence-corrected chi connectivity index (χ4v) is 12.4. The monoisotopic (exact) mass is 1680 g/mol. The predicted octanol–water partition coefficient (Wildman–Crippen LogP) is -6.57. The van der Waals surface area contributed by atoms with Gasteiger partial charge in [0.15, 0.2) is 0 Å². The van der Waals surface area contributed by atoms with Crippen molar-refractivity contribution in [1.29, 1.82) is 0 Å². The van der Waals surface area contributed by atoms with Gasteiger partial charge in [0, 0.05) is 61.6 Å². The van der Waals surface area contributed by atoms with Gasteiger partial charge in [-0.1, -0.05) is 64.4 Å². The molecule has 118 heavy (non-hydrogen) atoms. The van der Waals surface area contributed by atoms with E-state index in [2.05, 4.69) is 112 Å². The second-order valence-corrected chi connectivity index (χ2v) is 29.3. The van der Waals surface area contributed by atoms with Gasteiger partial charge in [-0.25, -0.2) is 14.8 Å². The first kappa shape index (κ1) is 99.1. The van der Waals surface area contributed by atoms with Crippen molar-refractivity contribution in [3.63, 3.8) is 0 Å². The van der Waals surface area contributed by atoms with Gasteiger partial charge in [0.1, 0.15) is 78.5 Å². The van der Waals surface area contributed by atoms with Crippen LogP contribution in [0.15, 0.2) is 55.4 Å². The molecule has 3 aromatic rings. The van der Waals surface area contributed by atoms with Crippen LogP contribution in [0.4, 0.5) is 0 Å². The molecular formula is C74H115N21O22S. The van der Waals surface area contributed by atoms with Crippen LogP contribution in [0, 0.1) is 11.8 Å². The summed E-state index contributed by atoms with van der Waals surface area (Å²) in [4.78, 5) is 244. The van der Waals surface area contributed by atoms with Crippen molar-refractivity contribution >= 4 is 113 Å². The molecule has 0 bridgehead atoms. The number of carbonyl (C=O) groups is 17. The van der Waals surface area contributed by atoms with Crippen LogP contribution in [0.3, 0.4) is 0 Å². The molecule has 4 rings (SSSR count). The van der Waals surface area contributed by atoms with Crippen molar-refractivity contribution in [2.24, 2.45) is 23.3 Å². The van der Waals surface area contributed by atoms with Crippen LogP contribution in [0.2, 0.25) is 0 Å². The van der Waals surface area contributed by atoms with Gasteiger partial charge in [-0.15, -0.1) is 0 Å². The number of aromatic nitrogens is 4. The Bertz CT molecular complexity index is 3800. The predicted molar refractivity (Wildman–Crippen MR) is 424 cm³/mol. The van der Waals surface area contributed by atoms with Crippen molar-refractivity contribution in [3.8, 4) is 0 Å². The second kappa shape index (κ2) is 52.5. The quantitative estimate of drug-likeness (QED) is 0.0185. The molecule has 43 nitrogen and oxygen atoms in total. The molecule has 0 spiro atoms. The van der Waals surface area contributed by atoms with E-state index in [1.54, 1.807) is 58.0 Å². The molecule has 0 radical (unpaired) electrons. The van der Waals surface area contributed by atoms with E-state index in [1.165, 1.54) is 32.0 Å². The normalized spacial score (nSPS) is 16.0. The number of amides is 14. The van der Waals surface area contributed by atoms with E-state index >= 15 is 0 Å². The van der Waals surface area contributed by atoms with E-state index in [-0.39, 0.29) is 87.5 Å². The van der Waals surface area contributed by atoms with Crippen LogP contribution >= 0.6 is 12.6 Å². The summed E-state index contributed by atoms with van der Waals surface area (Å²) in [7, 11) is 0. The van der Waals surface area contributed by atoms with E-state index in [9.17, 15) is 107 Å². The molecule has 654 valence electrons. The molecule has 0 unspecified atom stereocenters. The Kier molecular flexibility index (Phi) is 44.1. The standard InChI is InChI=1S/C74H115N21O22S/c1-6-40(4)60(95-63(105)45-19-14-26-79-45)73(115)88-49(21-23-59(101)102)66(108)87-48(20-22-58(99)100)67(109)91-51(29-43-31-77-37-81-43)69(111)86-46(17-10-12-24-75)64(106)85-47(18-11-13-25-76)65(107)90-52(30-44-32-78-38-82-44)70(112)94-55(35-97)71(113)93-54(34-96)62(104)80-33-57(98)84-56(36-118)72(114)83-41(5)61(103)89-50(28-42-15-8-7-9-16-42)68(110)92-53(74(116)117)27-39(2)3/h7-9,15-16,31-32,37-41,45-56,60,79,96-97,118H,6,10-14,17-30,33-36,75-76H2,1-5H3,(H,77,81)(H,78,82)(H,80,104)(H,83,114)(H,84,98)(H,85,106)(H,86,111)(H,87,108)(H,88,115)(H,89,103)(H,90,107)(H,91,109)(H,92,110)(H,93,113)(H,94,112)(H,95,105)(H,99,100)(H,101,102)(H,116,117)/t40-,41-,45-,46-,47-,48-,49-,50-,51-,52-,53-,54-,55-,56-,60-/m0/s1. The summed E-state index contributed by atoms with van der Waals surface area (Å²) in [5.41, 5.74) is 12.8. The molecule has 2 aromatic heterocycles. The zero-order valence-electron chi connectivity index (χ0n) is 66.6. The molecule has 0 aliphatic carbocycles. The van der Waals surface area contributed by atoms with E-state index in [0.717, 1.165) is 0 Å². The average Bonchev–Trinajstić information content (AvgIpc) is 1.45. The molecule has 1 saturated heterocycles.